The summed E-state index contributed by atoms with van der Waals surface area (Å²) in [7, 11) is 0. The highest BCUT2D eigenvalue weighted by molar-refractivity contribution is 4.96. The fourth-order valence-electron chi connectivity index (χ4n) is 3.26. The lowest BCUT2D eigenvalue weighted by molar-refractivity contribution is 0.195. The normalized spacial score (nSPS) is 39.0. The number of hydrogen-bond donors (Lipinski definition) is 1. The summed E-state index contributed by atoms with van der Waals surface area (Å²) in [6, 6.07) is 0.697. The molecule has 2 atom stereocenters. The smallest absolute Gasteiger partial charge is 0.0459 e. The molecule has 1 spiro atoms. The van der Waals surface area contributed by atoms with E-state index in [2.05, 4.69) is 18.7 Å². The molecule has 1 heterocycles. The van der Waals surface area contributed by atoms with Gasteiger partial charge in [-0.25, -0.2) is 0 Å². The molecule has 1 aliphatic carbocycles. The van der Waals surface area contributed by atoms with E-state index >= 15 is 0 Å². The van der Waals surface area contributed by atoms with Gasteiger partial charge in [0.2, 0.25) is 0 Å². The predicted octanol–water partition coefficient (Wildman–Crippen LogP) is 1.88. The Kier molecular flexibility index (Phi) is 2.85. The third kappa shape index (κ3) is 1.82. The van der Waals surface area contributed by atoms with E-state index in [0.29, 0.717) is 24.0 Å². The van der Waals surface area contributed by atoms with E-state index in [1.54, 1.807) is 0 Å². The van der Waals surface area contributed by atoms with Gasteiger partial charge in [-0.3, -0.25) is 0 Å². The van der Waals surface area contributed by atoms with Gasteiger partial charge in [0.1, 0.15) is 0 Å². The van der Waals surface area contributed by atoms with Crippen LogP contribution in [0, 0.1) is 11.3 Å². The molecule has 0 unspecified atom stereocenters. The summed E-state index contributed by atoms with van der Waals surface area (Å²) >= 11 is 0. The average Bonchev–Trinajstić information content (AvgIpc) is 2.74. The zero-order valence-electron chi connectivity index (χ0n) is 9.50. The zero-order chi connectivity index (χ0) is 10.2. The van der Waals surface area contributed by atoms with Crippen LogP contribution in [0.4, 0.5) is 0 Å². The van der Waals surface area contributed by atoms with Crippen molar-refractivity contribution in [1.82, 2.24) is 4.90 Å². The summed E-state index contributed by atoms with van der Waals surface area (Å²) in [5, 5.41) is 9.17. The van der Waals surface area contributed by atoms with E-state index < -0.39 is 0 Å². The predicted molar refractivity (Wildman–Crippen MR) is 58.2 cm³/mol. The molecule has 1 aliphatic heterocycles. The van der Waals surface area contributed by atoms with Gasteiger partial charge in [0, 0.05) is 19.2 Å². The minimum Gasteiger partial charge on any atom is -0.396 e. The molecule has 1 saturated carbocycles. The highest BCUT2D eigenvalue weighted by atomic mass is 16.3. The fourth-order valence-corrected chi connectivity index (χ4v) is 3.26. The van der Waals surface area contributed by atoms with E-state index in [-0.39, 0.29) is 0 Å². The van der Waals surface area contributed by atoms with Crippen LogP contribution in [0.2, 0.25) is 0 Å². The number of nitrogens with zero attached hydrogens (tertiary/aromatic N) is 1. The molecule has 1 saturated heterocycles. The maximum Gasteiger partial charge on any atom is 0.0459 e. The summed E-state index contributed by atoms with van der Waals surface area (Å²) in [4.78, 5) is 2.60. The van der Waals surface area contributed by atoms with Crippen LogP contribution in [0.3, 0.4) is 0 Å². The average molecular weight is 197 g/mol. The second-order valence-electron chi connectivity index (χ2n) is 5.61. The van der Waals surface area contributed by atoms with Crippen LogP contribution >= 0.6 is 0 Å². The molecular weight excluding hydrogens is 174 g/mol. The van der Waals surface area contributed by atoms with Crippen molar-refractivity contribution in [2.24, 2.45) is 11.3 Å². The Morgan fingerprint density at radius 2 is 2.21 bits per heavy atom. The molecule has 2 nitrogen and oxygen atoms in total. The summed E-state index contributed by atoms with van der Waals surface area (Å²) in [6.45, 7) is 7.54. The van der Waals surface area contributed by atoms with Crippen molar-refractivity contribution >= 4 is 0 Å². The molecule has 0 aromatic rings. The van der Waals surface area contributed by atoms with Crippen LogP contribution in [0.25, 0.3) is 0 Å². The first-order valence-corrected chi connectivity index (χ1v) is 6.00. The van der Waals surface area contributed by atoms with Crippen molar-refractivity contribution < 1.29 is 5.11 Å². The van der Waals surface area contributed by atoms with Gasteiger partial charge in [-0.2, -0.15) is 0 Å². The number of aliphatic hydroxyl groups excluding tert-OH is 1. The molecule has 1 N–H and O–H groups in total. The Balaban J connectivity index is 1.94. The molecule has 2 aliphatic rings. The summed E-state index contributed by atoms with van der Waals surface area (Å²) in [6.07, 6.45) is 5.23. The standard InChI is InChI=1S/C12H23NO/c1-10(2)13-6-5-12(9-13)4-3-11(7-12)8-14/h10-11,14H,3-9H2,1-2H3/t11-,12-/m1/s1. The van der Waals surface area contributed by atoms with Gasteiger partial charge >= 0.3 is 0 Å². The number of likely N-dealkylation sites (tertiary alicyclic amines) is 1. The molecule has 2 fully saturated rings. The number of aliphatic hydroxyl groups is 1. The van der Waals surface area contributed by atoms with Crippen molar-refractivity contribution in [2.75, 3.05) is 19.7 Å². The number of rotatable bonds is 2. The van der Waals surface area contributed by atoms with E-state index in [0.717, 1.165) is 0 Å². The Morgan fingerprint density at radius 1 is 1.43 bits per heavy atom. The molecule has 0 amide bonds. The molecule has 0 bridgehead atoms. The molecule has 14 heavy (non-hydrogen) atoms. The van der Waals surface area contributed by atoms with Gasteiger partial charge < -0.3 is 10.0 Å². The van der Waals surface area contributed by atoms with Crippen LogP contribution in [0.15, 0.2) is 0 Å². The van der Waals surface area contributed by atoms with Crippen molar-refractivity contribution in [3.05, 3.63) is 0 Å². The Bertz CT molecular complexity index is 204. The lowest BCUT2D eigenvalue weighted by Gasteiger charge is -2.26. The van der Waals surface area contributed by atoms with Crippen molar-refractivity contribution in [3.8, 4) is 0 Å². The Hall–Kier alpha value is -0.0800. The summed E-state index contributed by atoms with van der Waals surface area (Å²) < 4.78 is 0. The quantitative estimate of drug-likeness (QED) is 0.730. The fraction of sp³-hybridized carbons (Fsp3) is 1.00. The molecule has 2 heteroatoms. The minimum atomic E-state index is 0.406. The van der Waals surface area contributed by atoms with E-state index in [1.807, 2.05) is 0 Å². The molecular formula is C12H23NO. The topological polar surface area (TPSA) is 23.5 Å². The van der Waals surface area contributed by atoms with Crippen molar-refractivity contribution in [2.45, 2.75) is 45.6 Å². The van der Waals surface area contributed by atoms with Gasteiger partial charge in [0.25, 0.3) is 0 Å². The van der Waals surface area contributed by atoms with Crippen LogP contribution in [0.1, 0.15) is 39.5 Å². The molecule has 0 radical (unpaired) electrons. The maximum atomic E-state index is 9.17. The maximum absolute atomic E-state index is 9.17. The molecule has 2 rings (SSSR count). The van der Waals surface area contributed by atoms with E-state index in [9.17, 15) is 5.11 Å². The third-order valence-electron chi connectivity index (χ3n) is 4.26. The van der Waals surface area contributed by atoms with Crippen LogP contribution in [-0.4, -0.2) is 35.7 Å². The SMILES string of the molecule is CC(C)N1CC[C@@]2(CC[C@@H](CO)C2)C1. The highest BCUT2D eigenvalue weighted by Crippen LogP contribution is 2.48. The molecule has 0 aromatic carbocycles. The molecule has 0 aromatic heterocycles. The number of hydrogen-bond acceptors (Lipinski definition) is 2. The monoisotopic (exact) mass is 197 g/mol. The Morgan fingerprint density at radius 3 is 2.71 bits per heavy atom. The lowest BCUT2D eigenvalue weighted by atomic mass is 9.84. The van der Waals surface area contributed by atoms with Crippen molar-refractivity contribution in [3.63, 3.8) is 0 Å². The summed E-state index contributed by atoms with van der Waals surface area (Å²) in [5.41, 5.74) is 0.581. The summed E-state index contributed by atoms with van der Waals surface area (Å²) in [5.74, 6) is 0.599. The van der Waals surface area contributed by atoms with Gasteiger partial charge in [-0.1, -0.05) is 0 Å². The molecule has 82 valence electrons. The van der Waals surface area contributed by atoms with Crippen LogP contribution in [-0.2, 0) is 0 Å². The van der Waals surface area contributed by atoms with Gasteiger partial charge in [0.05, 0.1) is 0 Å². The van der Waals surface area contributed by atoms with Gasteiger partial charge in [-0.15, -0.1) is 0 Å². The van der Waals surface area contributed by atoms with E-state index in [1.165, 1.54) is 38.8 Å². The first-order valence-electron chi connectivity index (χ1n) is 6.00. The second-order valence-corrected chi connectivity index (χ2v) is 5.61. The first kappa shape index (κ1) is 10.4. The minimum absolute atomic E-state index is 0.406. The van der Waals surface area contributed by atoms with Gasteiger partial charge in [0.15, 0.2) is 0 Å². The van der Waals surface area contributed by atoms with E-state index in [4.69, 9.17) is 0 Å². The Labute approximate surface area is 87.3 Å². The van der Waals surface area contributed by atoms with Crippen molar-refractivity contribution in [1.29, 1.82) is 0 Å². The zero-order valence-corrected chi connectivity index (χ0v) is 9.50. The van der Waals surface area contributed by atoms with Crippen LogP contribution in [0.5, 0.6) is 0 Å². The first-order chi connectivity index (χ1) is 6.65. The third-order valence-corrected chi connectivity index (χ3v) is 4.26. The van der Waals surface area contributed by atoms with Crippen LogP contribution < -0.4 is 0 Å². The highest BCUT2D eigenvalue weighted by Gasteiger charge is 2.43. The largest absolute Gasteiger partial charge is 0.396 e. The van der Waals surface area contributed by atoms with Gasteiger partial charge in [-0.05, 0) is 57.4 Å². The second kappa shape index (κ2) is 3.82. The lowest BCUT2D eigenvalue weighted by Crippen LogP contribution is -2.31.